The Morgan fingerprint density at radius 1 is 1.44 bits per heavy atom. The van der Waals surface area contributed by atoms with Crippen LogP contribution >= 0.6 is 11.8 Å². The van der Waals surface area contributed by atoms with Crippen molar-refractivity contribution >= 4 is 11.8 Å². The average Bonchev–Trinajstić information content (AvgIpc) is 2.82. The Labute approximate surface area is 101 Å². The van der Waals surface area contributed by atoms with Crippen LogP contribution in [0.1, 0.15) is 50.8 Å². The zero-order chi connectivity index (χ0) is 11.4. The SMILES string of the molecule is CC[C@H](O)c1ccc(SC2CCCC2)cn1. The molecule has 0 bridgehead atoms. The van der Waals surface area contributed by atoms with E-state index in [0.29, 0.717) is 0 Å². The van der Waals surface area contributed by atoms with E-state index in [-0.39, 0.29) is 0 Å². The largest absolute Gasteiger partial charge is 0.387 e. The number of aromatic nitrogens is 1. The first-order chi connectivity index (χ1) is 7.79. The number of hydrogen-bond donors (Lipinski definition) is 1. The summed E-state index contributed by atoms with van der Waals surface area (Å²) in [5, 5.41) is 10.4. The van der Waals surface area contributed by atoms with Crippen LogP contribution in [0.4, 0.5) is 0 Å². The topological polar surface area (TPSA) is 33.1 Å². The summed E-state index contributed by atoms with van der Waals surface area (Å²) in [6, 6.07) is 4.04. The molecule has 1 N–H and O–H groups in total. The van der Waals surface area contributed by atoms with Crippen molar-refractivity contribution in [2.45, 2.75) is 55.3 Å². The van der Waals surface area contributed by atoms with Gasteiger partial charge in [0.25, 0.3) is 0 Å². The quantitative estimate of drug-likeness (QED) is 0.869. The van der Waals surface area contributed by atoms with Crippen LogP contribution in [0.5, 0.6) is 0 Å². The van der Waals surface area contributed by atoms with Gasteiger partial charge in [-0.15, -0.1) is 11.8 Å². The lowest BCUT2D eigenvalue weighted by Crippen LogP contribution is -1.99. The number of aliphatic hydroxyl groups excluding tert-OH is 1. The number of nitrogens with zero attached hydrogens (tertiary/aromatic N) is 1. The van der Waals surface area contributed by atoms with Gasteiger partial charge in [0.2, 0.25) is 0 Å². The second-order valence-electron chi connectivity index (χ2n) is 4.37. The molecule has 0 aromatic carbocycles. The Hall–Kier alpha value is -0.540. The zero-order valence-electron chi connectivity index (χ0n) is 9.72. The molecule has 1 aromatic heterocycles. The smallest absolute Gasteiger partial charge is 0.0957 e. The van der Waals surface area contributed by atoms with Crippen molar-refractivity contribution in [2.24, 2.45) is 0 Å². The highest BCUT2D eigenvalue weighted by Gasteiger charge is 2.16. The number of rotatable bonds is 4. The number of aliphatic hydroxyl groups is 1. The Bertz CT molecular complexity index is 319. The van der Waals surface area contributed by atoms with Gasteiger partial charge in [-0.2, -0.15) is 0 Å². The first-order valence-electron chi connectivity index (χ1n) is 6.10. The van der Waals surface area contributed by atoms with Gasteiger partial charge in [0, 0.05) is 16.3 Å². The van der Waals surface area contributed by atoms with Crippen LogP contribution in [0, 0.1) is 0 Å². The zero-order valence-corrected chi connectivity index (χ0v) is 10.5. The van der Waals surface area contributed by atoms with Crippen molar-refractivity contribution in [3.8, 4) is 0 Å². The number of thioether (sulfide) groups is 1. The third-order valence-electron chi connectivity index (χ3n) is 3.09. The van der Waals surface area contributed by atoms with Crippen LogP contribution < -0.4 is 0 Å². The molecule has 0 aliphatic heterocycles. The Morgan fingerprint density at radius 2 is 2.19 bits per heavy atom. The molecule has 2 nitrogen and oxygen atoms in total. The Morgan fingerprint density at radius 3 is 2.75 bits per heavy atom. The molecule has 1 atom stereocenters. The standard InChI is InChI=1S/C13H19NOS/c1-2-13(15)12-8-7-11(9-14-12)16-10-5-3-4-6-10/h7-10,13,15H,2-6H2,1H3/t13-/m0/s1. The molecule has 2 rings (SSSR count). The minimum Gasteiger partial charge on any atom is -0.387 e. The molecule has 1 heterocycles. The first-order valence-corrected chi connectivity index (χ1v) is 6.98. The molecule has 0 amide bonds. The molecule has 3 heteroatoms. The minimum absolute atomic E-state index is 0.412. The molecule has 1 saturated carbocycles. The molecule has 1 aromatic rings. The summed E-state index contributed by atoms with van der Waals surface area (Å²) in [4.78, 5) is 5.56. The van der Waals surface area contributed by atoms with Crippen molar-refractivity contribution in [1.82, 2.24) is 4.98 Å². The molecule has 88 valence electrons. The molecule has 0 unspecified atom stereocenters. The van der Waals surface area contributed by atoms with E-state index < -0.39 is 6.10 Å². The van der Waals surface area contributed by atoms with E-state index in [1.807, 2.05) is 30.9 Å². The molecular weight excluding hydrogens is 218 g/mol. The van der Waals surface area contributed by atoms with Crippen molar-refractivity contribution < 1.29 is 5.11 Å². The summed E-state index contributed by atoms with van der Waals surface area (Å²) in [6.45, 7) is 1.97. The van der Waals surface area contributed by atoms with Gasteiger partial charge in [-0.3, -0.25) is 4.98 Å². The van der Waals surface area contributed by atoms with Gasteiger partial charge in [-0.25, -0.2) is 0 Å². The van der Waals surface area contributed by atoms with Crippen molar-refractivity contribution in [3.05, 3.63) is 24.0 Å². The maximum absolute atomic E-state index is 9.64. The van der Waals surface area contributed by atoms with Crippen LogP contribution in [0.2, 0.25) is 0 Å². The summed E-state index contributed by atoms with van der Waals surface area (Å²) < 4.78 is 0. The lowest BCUT2D eigenvalue weighted by atomic mass is 10.2. The normalized spacial score (nSPS) is 18.9. The maximum atomic E-state index is 9.64. The van der Waals surface area contributed by atoms with Crippen LogP contribution in [0.25, 0.3) is 0 Å². The molecule has 16 heavy (non-hydrogen) atoms. The summed E-state index contributed by atoms with van der Waals surface area (Å²) >= 11 is 1.94. The third kappa shape index (κ3) is 2.98. The van der Waals surface area contributed by atoms with Crippen LogP contribution in [-0.2, 0) is 0 Å². The monoisotopic (exact) mass is 237 g/mol. The fourth-order valence-electron chi connectivity index (χ4n) is 2.07. The predicted octanol–water partition coefficient (Wildman–Crippen LogP) is 3.56. The van der Waals surface area contributed by atoms with Gasteiger partial charge in [-0.05, 0) is 31.4 Å². The summed E-state index contributed by atoms with van der Waals surface area (Å²) in [6.07, 6.45) is 7.63. The van der Waals surface area contributed by atoms with Crippen molar-refractivity contribution in [2.75, 3.05) is 0 Å². The van der Waals surface area contributed by atoms with Crippen LogP contribution in [0.15, 0.2) is 23.2 Å². The van der Waals surface area contributed by atoms with Crippen LogP contribution in [0.3, 0.4) is 0 Å². The van der Waals surface area contributed by atoms with Gasteiger partial charge < -0.3 is 5.11 Å². The summed E-state index contributed by atoms with van der Waals surface area (Å²) in [5.41, 5.74) is 0.790. The Balaban J connectivity index is 1.96. The maximum Gasteiger partial charge on any atom is 0.0957 e. The highest BCUT2D eigenvalue weighted by atomic mass is 32.2. The lowest BCUT2D eigenvalue weighted by Gasteiger charge is -2.10. The van der Waals surface area contributed by atoms with Gasteiger partial charge in [0.15, 0.2) is 0 Å². The molecule has 1 fully saturated rings. The highest BCUT2D eigenvalue weighted by Crippen LogP contribution is 2.34. The van der Waals surface area contributed by atoms with Gasteiger partial charge in [0.1, 0.15) is 0 Å². The molecule has 0 radical (unpaired) electrons. The number of pyridine rings is 1. The van der Waals surface area contributed by atoms with E-state index in [4.69, 9.17) is 0 Å². The third-order valence-corrected chi connectivity index (χ3v) is 4.41. The molecule has 0 saturated heterocycles. The minimum atomic E-state index is -0.412. The van der Waals surface area contributed by atoms with Gasteiger partial charge >= 0.3 is 0 Å². The average molecular weight is 237 g/mol. The summed E-state index contributed by atoms with van der Waals surface area (Å²) in [5.74, 6) is 0. The van der Waals surface area contributed by atoms with E-state index in [1.54, 1.807) is 0 Å². The predicted molar refractivity (Wildman–Crippen MR) is 67.6 cm³/mol. The van der Waals surface area contributed by atoms with E-state index in [0.717, 1.165) is 17.4 Å². The second-order valence-corrected chi connectivity index (χ2v) is 5.74. The first kappa shape index (κ1) is 11.9. The Kier molecular flexibility index (Phi) is 4.24. The van der Waals surface area contributed by atoms with Crippen LogP contribution in [-0.4, -0.2) is 15.3 Å². The van der Waals surface area contributed by atoms with E-state index in [9.17, 15) is 5.11 Å². The number of hydrogen-bond acceptors (Lipinski definition) is 3. The molecule has 0 spiro atoms. The van der Waals surface area contributed by atoms with Crippen molar-refractivity contribution in [3.63, 3.8) is 0 Å². The van der Waals surface area contributed by atoms with Crippen molar-refractivity contribution in [1.29, 1.82) is 0 Å². The highest BCUT2D eigenvalue weighted by molar-refractivity contribution is 8.00. The fraction of sp³-hybridized carbons (Fsp3) is 0.615. The fourth-order valence-corrected chi connectivity index (χ4v) is 3.28. The molecular formula is C13H19NOS. The van der Waals surface area contributed by atoms with Gasteiger partial charge in [0.05, 0.1) is 11.8 Å². The van der Waals surface area contributed by atoms with E-state index in [2.05, 4.69) is 11.1 Å². The summed E-state index contributed by atoms with van der Waals surface area (Å²) in [7, 11) is 0. The second kappa shape index (κ2) is 5.69. The van der Waals surface area contributed by atoms with E-state index in [1.165, 1.54) is 30.6 Å². The van der Waals surface area contributed by atoms with E-state index >= 15 is 0 Å². The molecule has 1 aliphatic carbocycles. The molecule has 1 aliphatic rings. The van der Waals surface area contributed by atoms with Gasteiger partial charge in [-0.1, -0.05) is 19.8 Å². The lowest BCUT2D eigenvalue weighted by molar-refractivity contribution is 0.169.